The van der Waals surface area contributed by atoms with E-state index in [1.54, 1.807) is 22.3 Å². The van der Waals surface area contributed by atoms with Crippen LogP contribution in [-0.2, 0) is 27.8 Å². The molecule has 5 rings (SSSR count). The van der Waals surface area contributed by atoms with Crippen LogP contribution >= 0.6 is 0 Å². The van der Waals surface area contributed by atoms with Gasteiger partial charge in [0.25, 0.3) is 0 Å². The summed E-state index contributed by atoms with van der Waals surface area (Å²) in [4.78, 5) is 31.7. The van der Waals surface area contributed by atoms with Crippen LogP contribution in [0.25, 0.3) is 11.1 Å². The predicted octanol–water partition coefficient (Wildman–Crippen LogP) is 5.84. The molecule has 1 aliphatic rings. The molecule has 54 heavy (non-hydrogen) atoms. The molecule has 3 amide bonds. The molecule has 1 fully saturated rings. The van der Waals surface area contributed by atoms with Crippen LogP contribution in [0.1, 0.15) is 50.8 Å². The molecule has 0 spiro atoms. The van der Waals surface area contributed by atoms with Crippen LogP contribution < -0.4 is 5.32 Å². The van der Waals surface area contributed by atoms with Crippen molar-refractivity contribution in [1.82, 2.24) is 19.4 Å². The van der Waals surface area contributed by atoms with Gasteiger partial charge in [0.15, 0.2) is 0 Å². The SMILES string of the molecule is CC[C@H](C)[C@@H](C(=O)N[C@@H](Cc1ccccc1)[C@H](O)CN(CC(C)C)S(=O)(=O)c1ccc(/C=N/O)cc1)N1CCN(Cc2cccc(-c3ccoc3)c2)C1=O. The second kappa shape index (κ2) is 18.4. The second-order valence-electron chi connectivity index (χ2n) is 14.3. The summed E-state index contributed by atoms with van der Waals surface area (Å²) in [5.74, 6) is -0.674. The third kappa shape index (κ3) is 9.95. The van der Waals surface area contributed by atoms with E-state index in [2.05, 4.69) is 10.5 Å². The molecule has 0 radical (unpaired) electrons. The minimum Gasteiger partial charge on any atom is -0.472 e. The zero-order valence-corrected chi connectivity index (χ0v) is 32.1. The maximum Gasteiger partial charge on any atom is 0.321 e. The summed E-state index contributed by atoms with van der Waals surface area (Å²) in [7, 11) is -4.07. The summed E-state index contributed by atoms with van der Waals surface area (Å²) in [6, 6.07) is 23.2. The molecule has 0 bridgehead atoms. The molecule has 2 heterocycles. The molecule has 12 nitrogen and oxygen atoms in total. The van der Waals surface area contributed by atoms with Gasteiger partial charge in [0, 0.05) is 38.3 Å². The van der Waals surface area contributed by atoms with Gasteiger partial charge < -0.3 is 29.8 Å². The first kappa shape index (κ1) is 40.2. The second-order valence-corrected chi connectivity index (χ2v) is 16.3. The summed E-state index contributed by atoms with van der Waals surface area (Å²) in [5, 5.41) is 26.8. The lowest BCUT2D eigenvalue weighted by molar-refractivity contribution is -0.128. The molecule has 13 heteroatoms. The molecular formula is C41H51N5O7S. The Balaban J connectivity index is 1.37. The van der Waals surface area contributed by atoms with Crippen molar-refractivity contribution >= 4 is 28.2 Å². The lowest BCUT2D eigenvalue weighted by Crippen LogP contribution is -2.57. The summed E-state index contributed by atoms with van der Waals surface area (Å²) < 4.78 is 34.4. The van der Waals surface area contributed by atoms with Gasteiger partial charge in [-0.15, -0.1) is 0 Å². The van der Waals surface area contributed by atoms with E-state index in [9.17, 15) is 23.1 Å². The van der Waals surface area contributed by atoms with Crippen molar-refractivity contribution in [3.8, 4) is 11.1 Å². The van der Waals surface area contributed by atoms with Gasteiger partial charge in [-0.2, -0.15) is 4.31 Å². The molecule has 0 aliphatic carbocycles. The molecule has 1 aromatic heterocycles. The van der Waals surface area contributed by atoms with Crippen molar-refractivity contribution in [2.75, 3.05) is 26.2 Å². The number of hydrogen-bond acceptors (Lipinski definition) is 8. The molecule has 288 valence electrons. The Labute approximate surface area is 318 Å². The maximum atomic E-state index is 14.4. The zero-order valence-electron chi connectivity index (χ0n) is 31.3. The molecule has 1 saturated heterocycles. The fourth-order valence-electron chi connectivity index (χ4n) is 6.81. The Morgan fingerprint density at radius 1 is 0.963 bits per heavy atom. The number of amides is 3. The molecule has 4 atom stereocenters. The number of aliphatic hydroxyl groups excluding tert-OH is 1. The van der Waals surface area contributed by atoms with Crippen LogP contribution in [0.4, 0.5) is 4.79 Å². The largest absolute Gasteiger partial charge is 0.472 e. The van der Waals surface area contributed by atoms with E-state index in [-0.39, 0.29) is 42.3 Å². The van der Waals surface area contributed by atoms with Crippen molar-refractivity contribution in [2.24, 2.45) is 17.0 Å². The highest BCUT2D eigenvalue weighted by Gasteiger charge is 2.41. The third-order valence-corrected chi connectivity index (χ3v) is 11.7. The first-order valence-corrected chi connectivity index (χ1v) is 19.8. The van der Waals surface area contributed by atoms with Gasteiger partial charge in [-0.05, 0) is 64.8 Å². The van der Waals surface area contributed by atoms with Gasteiger partial charge in [-0.25, -0.2) is 13.2 Å². The molecule has 0 unspecified atom stereocenters. The average molecular weight is 758 g/mol. The summed E-state index contributed by atoms with van der Waals surface area (Å²) >= 11 is 0. The van der Waals surface area contributed by atoms with Crippen molar-refractivity contribution in [3.63, 3.8) is 0 Å². The van der Waals surface area contributed by atoms with Gasteiger partial charge in [0.2, 0.25) is 15.9 Å². The Morgan fingerprint density at radius 2 is 1.69 bits per heavy atom. The van der Waals surface area contributed by atoms with Crippen LogP contribution in [-0.4, -0.2) is 95.4 Å². The first-order chi connectivity index (χ1) is 25.9. The fraction of sp³-hybridized carbons (Fsp3) is 0.390. The number of carbonyl (C=O) groups excluding carboxylic acids is 2. The number of hydrogen-bond donors (Lipinski definition) is 3. The van der Waals surface area contributed by atoms with Gasteiger partial charge >= 0.3 is 6.03 Å². The molecule has 3 aromatic carbocycles. The van der Waals surface area contributed by atoms with Gasteiger partial charge in [-0.3, -0.25) is 4.79 Å². The van der Waals surface area contributed by atoms with Crippen LogP contribution in [0.2, 0.25) is 0 Å². The standard InChI is InChI=1S/C41H51N5O7S/c1-5-30(4)39(46-20-19-44(41(46)49)26-33-12-9-13-34(22-33)35-18-21-53-28-35)40(48)43-37(23-31-10-7-6-8-11-31)38(47)27-45(25-29(2)3)54(51,52)36-16-14-32(15-17-36)24-42-50/h6-18,21-22,24,28-30,37-39,47,50H,5,19-20,23,25-27H2,1-4H3,(H,43,48)/b42-24+/t30-,37-,38+,39-/m0/s1. The normalized spacial score (nSPS) is 15.9. The van der Waals surface area contributed by atoms with E-state index in [4.69, 9.17) is 9.62 Å². The Hall–Kier alpha value is -4.98. The summed E-state index contributed by atoms with van der Waals surface area (Å²) in [6.07, 6.45) is 4.06. The maximum absolute atomic E-state index is 14.4. The van der Waals surface area contributed by atoms with Crippen molar-refractivity contribution in [3.05, 3.63) is 114 Å². The number of benzene rings is 3. The number of oxime groups is 1. The molecule has 0 saturated carbocycles. The minimum absolute atomic E-state index is 0.0243. The topological polar surface area (TPSA) is 156 Å². The van der Waals surface area contributed by atoms with E-state index in [0.29, 0.717) is 31.6 Å². The third-order valence-electron chi connectivity index (χ3n) is 9.84. The van der Waals surface area contributed by atoms with Crippen LogP contribution in [0.3, 0.4) is 0 Å². The number of nitrogens with zero attached hydrogens (tertiary/aromatic N) is 4. The number of nitrogens with one attached hydrogen (secondary N) is 1. The monoisotopic (exact) mass is 757 g/mol. The molecule has 4 aromatic rings. The average Bonchev–Trinajstić information content (AvgIpc) is 3.82. The Morgan fingerprint density at radius 3 is 2.33 bits per heavy atom. The van der Waals surface area contributed by atoms with E-state index in [1.807, 2.05) is 88.4 Å². The number of rotatable bonds is 18. The molecular weight excluding hydrogens is 707 g/mol. The van der Waals surface area contributed by atoms with Crippen LogP contribution in [0.5, 0.6) is 0 Å². The van der Waals surface area contributed by atoms with Crippen molar-refractivity contribution in [1.29, 1.82) is 0 Å². The van der Waals surface area contributed by atoms with E-state index in [1.165, 1.54) is 34.8 Å². The summed E-state index contributed by atoms with van der Waals surface area (Å²) in [5.41, 5.74) is 4.25. The quantitative estimate of drug-likeness (QED) is 0.0654. The van der Waals surface area contributed by atoms with Gasteiger partial charge in [-0.1, -0.05) is 99.9 Å². The van der Waals surface area contributed by atoms with E-state index in [0.717, 1.165) is 22.3 Å². The highest BCUT2D eigenvalue weighted by Crippen LogP contribution is 2.26. The van der Waals surface area contributed by atoms with Crippen molar-refractivity contribution < 1.29 is 32.7 Å². The molecule has 3 N–H and O–H groups in total. The lowest BCUT2D eigenvalue weighted by Gasteiger charge is -2.35. The van der Waals surface area contributed by atoms with Crippen molar-refractivity contribution in [2.45, 2.75) is 70.2 Å². The van der Waals surface area contributed by atoms with Crippen LogP contribution in [0.15, 0.2) is 112 Å². The number of aliphatic hydroxyl groups is 1. The number of urea groups is 1. The highest BCUT2D eigenvalue weighted by molar-refractivity contribution is 7.89. The Kier molecular flexibility index (Phi) is 13.7. The zero-order chi connectivity index (χ0) is 38.8. The fourth-order valence-corrected chi connectivity index (χ4v) is 8.43. The highest BCUT2D eigenvalue weighted by atomic mass is 32.2. The summed E-state index contributed by atoms with van der Waals surface area (Å²) in [6.45, 7) is 8.72. The minimum atomic E-state index is -4.07. The van der Waals surface area contributed by atoms with E-state index < -0.39 is 34.1 Å². The smallest absolute Gasteiger partial charge is 0.321 e. The molecule has 1 aliphatic heterocycles. The van der Waals surface area contributed by atoms with E-state index >= 15 is 0 Å². The number of furan rings is 1. The number of carbonyl (C=O) groups is 2. The Bertz CT molecular complexity index is 1950. The lowest BCUT2D eigenvalue weighted by atomic mass is 9.95. The van der Waals surface area contributed by atoms with Crippen LogP contribution in [0, 0.1) is 11.8 Å². The first-order valence-electron chi connectivity index (χ1n) is 18.4. The number of sulfonamides is 1. The van der Waals surface area contributed by atoms with Gasteiger partial charge in [0.05, 0.1) is 35.8 Å². The van der Waals surface area contributed by atoms with Gasteiger partial charge in [0.1, 0.15) is 6.04 Å². The predicted molar refractivity (Wildman–Crippen MR) is 207 cm³/mol.